The summed E-state index contributed by atoms with van der Waals surface area (Å²) in [6.45, 7) is -0.0193. The number of hydrogen-bond donors (Lipinski definition) is 3. The summed E-state index contributed by atoms with van der Waals surface area (Å²) in [7, 11) is 0. The van der Waals surface area contributed by atoms with E-state index < -0.39 is 12.2 Å². The minimum atomic E-state index is -0.925. The molecule has 2 rings (SSSR count). The Balaban J connectivity index is 1.84. The van der Waals surface area contributed by atoms with E-state index in [2.05, 4.69) is 5.32 Å². The highest BCUT2D eigenvalue weighted by Crippen LogP contribution is 2.11. The maximum atomic E-state index is 11.8. The lowest BCUT2D eigenvalue weighted by atomic mass is 10.2. The third-order valence-corrected chi connectivity index (χ3v) is 3.37. The summed E-state index contributed by atoms with van der Waals surface area (Å²) < 4.78 is 0. The van der Waals surface area contributed by atoms with Crippen molar-refractivity contribution in [1.82, 2.24) is 10.2 Å². The van der Waals surface area contributed by atoms with Gasteiger partial charge in [0.1, 0.15) is 0 Å². The highest BCUT2D eigenvalue weighted by Gasteiger charge is 2.32. The second-order valence-corrected chi connectivity index (χ2v) is 5.06. The highest BCUT2D eigenvalue weighted by atomic mass is 35.5. The van der Waals surface area contributed by atoms with Crippen LogP contribution in [0.15, 0.2) is 24.3 Å². The maximum Gasteiger partial charge on any atom is 0.251 e. The second-order valence-electron chi connectivity index (χ2n) is 4.62. The first-order valence-corrected chi connectivity index (χ1v) is 6.53. The Morgan fingerprint density at radius 3 is 2.30 bits per heavy atom. The number of likely N-dealkylation sites (tertiary alicyclic amines) is 1. The lowest BCUT2D eigenvalue weighted by molar-refractivity contribution is -0.129. The van der Waals surface area contributed by atoms with Gasteiger partial charge in [-0.05, 0) is 24.3 Å². The van der Waals surface area contributed by atoms with Crippen LogP contribution in [0.1, 0.15) is 10.4 Å². The maximum absolute atomic E-state index is 11.8. The monoisotopic (exact) mass is 298 g/mol. The predicted octanol–water partition coefficient (Wildman–Crippen LogP) is -0.366. The highest BCUT2D eigenvalue weighted by molar-refractivity contribution is 6.30. The molecule has 0 aromatic heterocycles. The summed E-state index contributed by atoms with van der Waals surface area (Å²) in [6, 6.07) is 6.30. The van der Waals surface area contributed by atoms with Crippen molar-refractivity contribution in [3.8, 4) is 0 Å². The summed E-state index contributed by atoms with van der Waals surface area (Å²) >= 11 is 5.72. The van der Waals surface area contributed by atoms with Gasteiger partial charge in [-0.1, -0.05) is 11.6 Å². The van der Waals surface area contributed by atoms with E-state index >= 15 is 0 Å². The van der Waals surface area contributed by atoms with E-state index in [4.69, 9.17) is 11.6 Å². The van der Waals surface area contributed by atoms with Gasteiger partial charge in [0, 0.05) is 23.7 Å². The summed E-state index contributed by atoms with van der Waals surface area (Å²) in [5.74, 6) is -0.724. The van der Waals surface area contributed by atoms with Gasteiger partial charge < -0.3 is 20.4 Å². The van der Waals surface area contributed by atoms with Gasteiger partial charge in [0.2, 0.25) is 5.91 Å². The van der Waals surface area contributed by atoms with Crippen LogP contribution in [0.5, 0.6) is 0 Å². The van der Waals surface area contributed by atoms with Crippen LogP contribution in [0.2, 0.25) is 5.02 Å². The first-order chi connectivity index (χ1) is 9.47. The molecule has 7 heteroatoms. The Morgan fingerprint density at radius 1 is 1.20 bits per heavy atom. The van der Waals surface area contributed by atoms with Crippen LogP contribution >= 0.6 is 11.6 Å². The number of rotatable bonds is 3. The third-order valence-electron chi connectivity index (χ3n) is 3.12. The quantitative estimate of drug-likeness (QED) is 0.710. The zero-order valence-electron chi connectivity index (χ0n) is 10.6. The average Bonchev–Trinajstić information content (AvgIpc) is 2.76. The van der Waals surface area contributed by atoms with Crippen molar-refractivity contribution in [2.45, 2.75) is 12.2 Å². The van der Waals surface area contributed by atoms with Crippen molar-refractivity contribution in [1.29, 1.82) is 0 Å². The summed E-state index contributed by atoms with van der Waals surface area (Å²) in [4.78, 5) is 24.9. The van der Waals surface area contributed by atoms with Crippen molar-refractivity contribution in [2.75, 3.05) is 19.6 Å². The minimum absolute atomic E-state index is 0.0802. The first-order valence-electron chi connectivity index (χ1n) is 6.15. The number of β-amino-alcohol motifs (C(OH)–C–C–N with tert-alkyl or cyclic N) is 2. The molecular weight excluding hydrogens is 284 g/mol. The number of amides is 2. The van der Waals surface area contributed by atoms with E-state index in [9.17, 15) is 19.8 Å². The fourth-order valence-corrected chi connectivity index (χ4v) is 2.07. The van der Waals surface area contributed by atoms with Crippen molar-refractivity contribution in [3.05, 3.63) is 34.9 Å². The van der Waals surface area contributed by atoms with Crippen LogP contribution in [-0.2, 0) is 4.79 Å². The SMILES string of the molecule is O=C(NCC(=O)N1C[C@@H](O)[C@@H](O)C1)c1ccc(Cl)cc1. The van der Waals surface area contributed by atoms with E-state index in [1.165, 1.54) is 4.90 Å². The number of carbonyl (C=O) groups is 2. The molecule has 2 amide bonds. The molecule has 6 nitrogen and oxygen atoms in total. The van der Waals surface area contributed by atoms with Crippen molar-refractivity contribution in [3.63, 3.8) is 0 Å². The first kappa shape index (κ1) is 14.8. The molecule has 1 heterocycles. The van der Waals surface area contributed by atoms with Gasteiger partial charge in [-0.2, -0.15) is 0 Å². The van der Waals surface area contributed by atoms with Crippen LogP contribution in [-0.4, -0.2) is 58.8 Å². The molecule has 1 aromatic carbocycles. The van der Waals surface area contributed by atoms with Gasteiger partial charge in [-0.25, -0.2) is 0 Å². The van der Waals surface area contributed by atoms with E-state index in [1.54, 1.807) is 24.3 Å². The fraction of sp³-hybridized carbons (Fsp3) is 0.385. The second kappa shape index (κ2) is 6.21. The van der Waals surface area contributed by atoms with Gasteiger partial charge in [-0.3, -0.25) is 9.59 Å². The molecule has 1 aromatic rings. The Morgan fingerprint density at radius 2 is 1.75 bits per heavy atom. The molecule has 2 atom stereocenters. The number of benzene rings is 1. The molecule has 108 valence electrons. The van der Waals surface area contributed by atoms with Gasteiger partial charge in [0.25, 0.3) is 5.91 Å². The normalized spacial score (nSPS) is 21.9. The molecule has 0 radical (unpaired) electrons. The molecule has 20 heavy (non-hydrogen) atoms. The summed E-state index contributed by atoms with van der Waals surface area (Å²) in [6.07, 6.45) is -1.85. The van der Waals surface area contributed by atoms with E-state index in [0.717, 1.165) is 0 Å². The summed E-state index contributed by atoms with van der Waals surface area (Å²) in [5.41, 5.74) is 0.406. The molecule has 0 unspecified atom stereocenters. The number of nitrogens with one attached hydrogen (secondary N) is 1. The Bertz CT molecular complexity index is 496. The Labute approximate surface area is 121 Å². The number of carbonyl (C=O) groups excluding carboxylic acids is 2. The van der Waals surface area contributed by atoms with Crippen LogP contribution in [0.3, 0.4) is 0 Å². The zero-order valence-corrected chi connectivity index (χ0v) is 11.4. The number of hydrogen-bond acceptors (Lipinski definition) is 4. The van der Waals surface area contributed by atoms with Crippen LogP contribution < -0.4 is 5.32 Å². The molecule has 1 fully saturated rings. The molecule has 1 aliphatic rings. The van der Waals surface area contributed by atoms with Crippen LogP contribution in [0.4, 0.5) is 0 Å². The van der Waals surface area contributed by atoms with E-state index in [0.29, 0.717) is 10.6 Å². The molecule has 0 bridgehead atoms. The van der Waals surface area contributed by atoms with Crippen LogP contribution in [0.25, 0.3) is 0 Å². The molecule has 1 saturated heterocycles. The van der Waals surface area contributed by atoms with Crippen molar-refractivity contribution in [2.24, 2.45) is 0 Å². The Kier molecular flexibility index (Phi) is 4.59. The molecule has 0 spiro atoms. The van der Waals surface area contributed by atoms with E-state index in [-0.39, 0.29) is 31.4 Å². The predicted molar refractivity (Wildman–Crippen MR) is 72.4 cm³/mol. The fourth-order valence-electron chi connectivity index (χ4n) is 1.94. The van der Waals surface area contributed by atoms with Crippen molar-refractivity contribution < 1.29 is 19.8 Å². The molecule has 3 N–H and O–H groups in total. The largest absolute Gasteiger partial charge is 0.388 e. The molecule has 0 aliphatic carbocycles. The molecule has 0 saturated carbocycles. The Hall–Kier alpha value is -1.63. The summed E-state index contributed by atoms with van der Waals surface area (Å²) in [5, 5.41) is 21.7. The standard InChI is InChI=1S/C13H15ClN2O4/c14-9-3-1-8(2-4-9)13(20)15-5-12(19)16-6-10(17)11(18)7-16/h1-4,10-11,17-18H,5-7H2,(H,15,20)/t10-,11+. The number of halogens is 1. The lowest BCUT2D eigenvalue weighted by Gasteiger charge is -2.15. The van der Waals surface area contributed by atoms with Gasteiger partial charge in [0.05, 0.1) is 18.8 Å². The topological polar surface area (TPSA) is 89.9 Å². The zero-order chi connectivity index (χ0) is 14.7. The number of nitrogens with zero attached hydrogens (tertiary/aromatic N) is 1. The van der Waals surface area contributed by atoms with E-state index in [1.807, 2.05) is 0 Å². The van der Waals surface area contributed by atoms with Crippen molar-refractivity contribution >= 4 is 23.4 Å². The van der Waals surface area contributed by atoms with Gasteiger partial charge in [-0.15, -0.1) is 0 Å². The third kappa shape index (κ3) is 3.47. The smallest absolute Gasteiger partial charge is 0.251 e. The number of aliphatic hydroxyl groups excluding tert-OH is 2. The average molecular weight is 299 g/mol. The lowest BCUT2D eigenvalue weighted by Crippen LogP contribution is -2.39. The van der Waals surface area contributed by atoms with Crippen LogP contribution in [0, 0.1) is 0 Å². The van der Waals surface area contributed by atoms with Gasteiger partial charge >= 0.3 is 0 Å². The minimum Gasteiger partial charge on any atom is -0.388 e. The molecular formula is C13H15ClN2O4. The molecule has 1 aliphatic heterocycles. The number of aliphatic hydroxyl groups is 2. The van der Waals surface area contributed by atoms with Gasteiger partial charge in [0.15, 0.2) is 0 Å².